The van der Waals surface area contributed by atoms with Gasteiger partial charge in [0.15, 0.2) is 0 Å². The fourth-order valence-corrected chi connectivity index (χ4v) is 1.28. The second-order valence-corrected chi connectivity index (χ2v) is 4.54. The molecule has 0 atom stereocenters. The third kappa shape index (κ3) is 3.63. The van der Waals surface area contributed by atoms with Crippen LogP contribution >= 0.6 is 0 Å². The molecular weight excluding hydrogens is 168 g/mol. The normalized spacial score (nSPS) is 19.6. The number of rotatable bonds is 4. The highest BCUT2D eigenvalue weighted by Gasteiger charge is 2.39. The van der Waals surface area contributed by atoms with E-state index in [-0.39, 0.29) is 5.54 Å². The summed E-state index contributed by atoms with van der Waals surface area (Å²) in [4.78, 5) is 10.5. The van der Waals surface area contributed by atoms with E-state index in [9.17, 15) is 4.79 Å². The van der Waals surface area contributed by atoms with Crippen molar-refractivity contribution in [2.75, 3.05) is 0 Å². The van der Waals surface area contributed by atoms with Gasteiger partial charge in [-0.15, -0.1) is 0 Å². The summed E-state index contributed by atoms with van der Waals surface area (Å²) >= 11 is 0. The Bertz CT molecular complexity index is 210. The standard InChI is InChI=1S/C9H18N2O2/c1-8(2,13-7(10)12)3-4-9(11)5-6-9/h3-6,11H2,1-2H3,(H2,10,12). The zero-order valence-corrected chi connectivity index (χ0v) is 8.30. The quantitative estimate of drug-likeness (QED) is 0.690. The molecule has 1 fully saturated rings. The van der Waals surface area contributed by atoms with Crippen molar-refractivity contribution in [2.24, 2.45) is 11.5 Å². The topological polar surface area (TPSA) is 78.3 Å². The Balaban J connectivity index is 2.28. The van der Waals surface area contributed by atoms with Gasteiger partial charge in [-0.05, 0) is 39.5 Å². The highest BCUT2D eigenvalue weighted by atomic mass is 16.6. The van der Waals surface area contributed by atoms with Crippen LogP contribution in [0.2, 0.25) is 0 Å². The first-order valence-electron chi connectivity index (χ1n) is 4.60. The Labute approximate surface area is 78.6 Å². The maximum atomic E-state index is 10.5. The summed E-state index contributed by atoms with van der Waals surface area (Å²) < 4.78 is 4.94. The predicted molar refractivity (Wildman–Crippen MR) is 50.1 cm³/mol. The molecule has 1 aliphatic carbocycles. The van der Waals surface area contributed by atoms with Crippen LogP contribution in [0.15, 0.2) is 0 Å². The molecular formula is C9H18N2O2. The summed E-state index contributed by atoms with van der Waals surface area (Å²) in [6, 6.07) is 0. The third-order valence-corrected chi connectivity index (χ3v) is 2.49. The lowest BCUT2D eigenvalue weighted by molar-refractivity contribution is 0.0357. The molecule has 1 aliphatic rings. The van der Waals surface area contributed by atoms with Gasteiger partial charge in [-0.2, -0.15) is 0 Å². The van der Waals surface area contributed by atoms with E-state index >= 15 is 0 Å². The number of amides is 1. The van der Waals surface area contributed by atoms with Gasteiger partial charge in [-0.3, -0.25) is 0 Å². The van der Waals surface area contributed by atoms with Crippen molar-refractivity contribution >= 4 is 6.09 Å². The van der Waals surface area contributed by atoms with Crippen LogP contribution in [-0.4, -0.2) is 17.2 Å². The van der Waals surface area contributed by atoms with Crippen molar-refractivity contribution in [1.29, 1.82) is 0 Å². The average Bonchev–Trinajstić information content (AvgIpc) is 2.63. The maximum Gasteiger partial charge on any atom is 0.405 e. The number of carbonyl (C=O) groups excluding carboxylic acids is 1. The van der Waals surface area contributed by atoms with Gasteiger partial charge in [0.2, 0.25) is 0 Å². The van der Waals surface area contributed by atoms with Gasteiger partial charge in [0, 0.05) is 5.54 Å². The summed E-state index contributed by atoms with van der Waals surface area (Å²) in [5, 5.41) is 0. The largest absolute Gasteiger partial charge is 0.444 e. The molecule has 4 N–H and O–H groups in total. The van der Waals surface area contributed by atoms with Gasteiger partial charge in [0.05, 0.1) is 0 Å². The number of primary amides is 1. The highest BCUT2D eigenvalue weighted by molar-refractivity contribution is 5.65. The van der Waals surface area contributed by atoms with Gasteiger partial charge in [-0.1, -0.05) is 0 Å². The molecule has 0 unspecified atom stereocenters. The van der Waals surface area contributed by atoms with E-state index < -0.39 is 11.7 Å². The molecule has 0 aromatic carbocycles. The molecule has 0 aliphatic heterocycles. The van der Waals surface area contributed by atoms with Gasteiger partial charge >= 0.3 is 6.09 Å². The molecule has 0 radical (unpaired) electrons. The number of ether oxygens (including phenoxy) is 1. The Hall–Kier alpha value is -0.770. The van der Waals surface area contributed by atoms with E-state index in [1.165, 1.54) is 0 Å². The average molecular weight is 186 g/mol. The van der Waals surface area contributed by atoms with Crippen molar-refractivity contribution < 1.29 is 9.53 Å². The number of nitrogens with two attached hydrogens (primary N) is 2. The maximum absolute atomic E-state index is 10.5. The zero-order chi connectivity index (χ0) is 10.1. The minimum Gasteiger partial charge on any atom is -0.444 e. The summed E-state index contributed by atoms with van der Waals surface area (Å²) in [5.74, 6) is 0. The molecule has 0 aromatic rings. The SMILES string of the molecule is CC(C)(CCC1(N)CC1)OC(N)=O. The fraction of sp³-hybridized carbons (Fsp3) is 0.889. The summed E-state index contributed by atoms with van der Waals surface area (Å²) in [6.07, 6.45) is 3.12. The van der Waals surface area contributed by atoms with Crippen LogP contribution in [0.5, 0.6) is 0 Å². The minimum absolute atomic E-state index is 0.0122. The van der Waals surface area contributed by atoms with Crippen LogP contribution in [0.25, 0.3) is 0 Å². The Morgan fingerprint density at radius 2 is 2.08 bits per heavy atom. The number of hydrogen-bond donors (Lipinski definition) is 2. The second-order valence-electron chi connectivity index (χ2n) is 4.54. The van der Waals surface area contributed by atoms with Gasteiger partial charge in [-0.25, -0.2) is 4.79 Å². The van der Waals surface area contributed by atoms with Crippen molar-refractivity contribution in [3.8, 4) is 0 Å². The lowest BCUT2D eigenvalue weighted by Crippen LogP contribution is -2.34. The van der Waals surface area contributed by atoms with Crippen LogP contribution in [0, 0.1) is 0 Å². The lowest BCUT2D eigenvalue weighted by atomic mass is 9.98. The van der Waals surface area contributed by atoms with Gasteiger partial charge in [0.1, 0.15) is 5.60 Å². The molecule has 0 saturated heterocycles. The first kappa shape index (κ1) is 10.3. The van der Waals surface area contributed by atoms with Crippen LogP contribution in [0.3, 0.4) is 0 Å². The molecule has 13 heavy (non-hydrogen) atoms. The fourth-order valence-electron chi connectivity index (χ4n) is 1.28. The van der Waals surface area contributed by atoms with E-state index in [1.54, 1.807) is 0 Å². The van der Waals surface area contributed by atoms with Crippen molar-refractivity contribution in [3.63, 3.8) is 0 Å². The van der Waals surface area contributed by atoms with Crippen molar-refractivity contribution in [1.82, 2.24) is 0 Å². The number of carbonyl (C=O) groups is 1. The van der Waals surface area contributed by atoms with Gasteiger partial charge in [0.25, 0.3) is 0 Å². The van der Waals surface area contributed by atoms with E-state index in [1.807, 2.05) is 13.8 Å². The third-order valence-electron chi connectivity index (χ3n) is 2.49. The number of hydrogen-bond acceptors (Lipinski definition) is 3. The first-order chi connectivity index (χ1) is 5.83. The smallest absolute Gasteiger partial charge is 0.405 e. The van der Waals surface area contributed by atoms with Gasteiger partial charge < -0.3 is 16.2 Å². The molecule has 1 amide bonds. The van der Waals surface area contributed by atoms with Crippen LogP contribution < -0.4 is 11.5 Å². The minimum atomic E-state index is -0.716. The van der Waals surface area contributed by atoms with Crippen LogP contribution in [-0.2, 0) is 4.74 Å². The molecule has 0 aromatic heterocycles. The van der Waals surface area contributed by atoms with Crippen molar-refractivity contribution in [3.05, 3.63) is 0 Å². The molecule has 0 heterocycles. The highest BCUT2D eigenvalue weighted by Crippen LogP contribution is 2.38. The van der Waals surface area contributed by atoms with E-state index in [0.29, 0.717) is 0 Å². The summed E-state index contributed by atoms with van der Waals surface area (Å²) in [7, 11) is 0. The second kappa shape index (κ2) is 3.18. The molecule has 0 bridgehead atoms. The van der Waals surface area contributed by atoms with Crippen molar-refractivity contribution in [2.45, 2.75) is 50.7 Å². The molecule has 1 rings (SSSR count). The van der Waals surface area contributed by atoms with E-state index in [0.717, 1.165) is 25.7 Å². The zero-order valence-electron chi connectivity index (χ0n) is 8.30. The Kier molecular flexibility index (Phi) is 2.52. The van der Waals surface area contributed by atoms with Crippen LogP contribution in [0.4, 0.5) is 4.79 Å². The molecule has 76 valence electrons. The molecule has 0 spiro atoms. The molecule has 4 nitrogen and oxygen atoms in total. The first-order valence-corrected chi connectivity index (χ1v) is 4.60. The molecule has 1 saturated carbocycles. The predicted octanol–water partition coefficient (Wildman–Crippen LogP) is 1.13. The van der Waals surface area contributed by atoms with E-state index in [2.05, 4.69) is 0 Å². The molecule has 4 heteroatoms. The summed E-state index contributed by atoms with van der Waals surface area (Å²) in [6.45, 7) is 3.70. The Morgan fingerprint density at radius 1 is 1.54 bits per heavy atom. The summed E-state index contributed by atoms with van der Waals surface area (Å²) in [5.41, 5.74) is 10.4. The monoisotopic (exact) mass is 186 g/mol. The lowest BCUT2D eigenvalue weighted by Gasteiger charge is -2.25. The van der Waals surface area contributed by atoms with E-state index in [4.69, 9.17) is 16.2 Å². The van der Waals surface area contributed by atoms with Crippen LogP contribution in [0.1, 0.15) is 39.5 Å². The Morgan fingerprint density at radius 3 is 2.46 bits per heavy atom.